The minimum atomic E-state index is 0.702. The van der Waals surface area contributed by atoms with Crippen LogP contribution in [0.2, 0.25) is 0 Å². The van der Waals surface area contributed by atoms with Gasteiger partial charge in [-0.3, -0.25) is 0 Å². The predicted molar refractivity (Wildman–Crippen MR) is 73.7 cm³/mol. The SMILES string of the molecule is Nc1ccc(OCCCOCCC2CCC2)cc1. The summed E-state index contributed by atoms with van der Waals surface area (Å²) >= 11 is 0. The third-order valence-corrected chi connectivity index (χ3v) is 3.48. The third kappa shape index (κ3) is 4.57. The van der Waals surface area contributed by atoms with Crippen molar-refractivity contribution in [2.45, 2.75) is 32.1 Å². The van der Waals surface area contributed by atoms with Gasteiger partial charge < -0.3 is 15.2 Å². The van der Waals surface area contributed by atoms with Gasteiger partial charge in [-0.2, -0.15) is 0 Å². The summed E-state index contributed by atoms with van der Waals surface area (Å²) in [5, 5.41) is 0. The highest BCUT2D eigenvalue weighted by Gasteiger charge is 2.16. The first-order valence-electron chi connectivity index (χ1n) is 6.90. The van der Waals surface area contributed by atoms with E-state index in [1.165, 1.54) is 25.7 Å². The van der Waals surface area contributed by atoms with Crippen molar-refractivity contribution in [3.63, 3.8) is 0 Å². The van der Waals surface area contributed by atoms with Crippen LogP contribution in [-0.4, -0.2) is 19.8 Å². The molecule has 1 aromatic carbocycles. The molecule has 0 atom stereocenters. The molecule has 1 saturated carbocycles. The molecule has 18 heavy (non-hydrogen) atoms. The molecule has 2 rings (SSSR count). The number of hydrogen-bond donors (Lipinski definition) is 1. The van der Waals surface area contributed by atoms with Crippen LogP contribution in [0, 0.1) is 5.92 Å². The maximum absolute atomic E-state index is 5.60. The molecule has 1 aliphatic carbocycles. The molecule has 2 N–H and O–H groups in total. The number of nitrogens with two attached hydrogens (primary N) is 1. The van der Waals surface area contributed by atoms with Gasteiger partial charge in [-0.15, -0.1) is 0 Å². The van der Waals surface area contributed by atoms with E-state index in [-0.39, 0.29) is 0 Å². The van der Waals surface area contributed by atoms with Crippen LogP contribution < -0.4 is 10.5 Å². The van der Waals surface area contributed by atoms with E-state index < -0.39 is 0 Å². The molecule has 100 valence electrons. The molecule has 0 aliphatic heterocycles. The molecule has 0 spiro atoms. The average molecular weight is 249 g/mol. The Morgan fingerprint density at radius 1 is 1.06 bits per heavy atom. The summed E-state index contributed by atoms with van der Waals surface area (Å²) in [5.74, 6) is 1.81. The number of nitrogen functional groups attached to an aromatic ring is 1. The second-order valence-electron chi connectivity index (χ2n) is 4.97. The average Bonchev–Trinajstić information content (AvgIpc) is 2.32. The zero-order valence-electron chi connectivity index (χ0n) is 10.9. The monoisotopic (exact) mass is 249 g/mol. The molecule has 0 heterocycles. The van der Waals surface area contributed by atoms with Gasteiger partial charge >= 0.3 is 0 Å². The molecule has 0 unspecified atom stereocenters. The molecule has 3 nitrogen and oxygen atoms in total. The Kier molecular flexibility index (Phi) is 5.34. The second-order valence-corrected chi connectivity index (χ2v) is 4.97. The lowest BCUT2D eigenvalue weighted by Crippen LogP contribution is -2.14. The quantitative estimate of drug-likeness (QED) is 0.568. The first-order valence-corrected chi connectivity index (χ1v) is 6.90. The fourth-order valence-corrected chi connectivity index (χ4v) is 2.05. The molecule has 0 radical (unpaired) electrons. The predicted octanol–water partition coefficient (Wildman–Crippen LogP) is 3.24. The van der Waals surface area contributed by atoms with Gasteiger partial charge in [0.25, 0.3) is 0 Å². The number of benzene rings is 1. The summed E-state index contributed by atoms with van der Waals surface area (Å²) in [4.78, 5) is 0. The van der Waals surface area contributed by atoms with Gasteiger partial charge in [0, 0.05) is 25.3 Å². The van der Waals surface area contributed by atoms with Crippen LogP contribution in [0.1, 0.15) is 32.1 Å². The Hall–Kier alpha value is -1.22. The Labute approximate surface area is 109 Å². The van der Waals surface area contributed by atoms with Crippen LogP contribution in [0.25, 0.3) is 0 Å². The van der Waals surface area contributed by atoms with E-state index in [0.29, 0.717) is 6.61 Å². The summed E-state index contributed by atoms with van der Waals surface area (Å²) < 4.78 is 11.2. The standard InChI is InChI=1S/C15H23NO2/c16-14-5-7-15(8-6-14)18-11-2-10-17-12-9-13-3-1-4-13/h5-8,13H,1-4,9-12,16H2. The zero-order valence-corrected chi connectivity index (χ0v) is 10.9. The summed E-state index contributed by atoms with van der Waals surface area (Å²) in [6.45, 7) is 2.40. The van der Waals surface area contributed by atoms with Gasteiger partial charge in [0.2, 0.25) is 0 Å². The van der Waals surface area contributed by atoms with Crippen molar-refractivity contribution in [2.24, 2.45) is 5.92 Å². The fraction of sp³-hybridized carbons (Fsp3) is 0.600. The molecule has 1 aromatic rings. The first-order chi connectivity index (χ1) is 8.84. The molecule has 1 fully saturated rings. The molecular weight excluding hydrogens is 226 g/mol. The lowest BCUT2D eigenvalue weighted by Gasteiger charge is -2.24. The fourth-order valence-electron chi connectivity index (χ4n) is 2.05. The maximum Gasteiger partial charge on any atom is 0.119 e. The van der Waals surface area contributed by atoms with Crippen molar-refractivity contribution < 1.29 is 9.47 Å². The summed E-state index contributed by atoms with van der Waals surface area (Å²) in [7, 11) is 0. The van der Waals surface area contributed by atoms with Crippen molar-refractivity contribution in [1.29, 1.82) is 0 Å². The van der Waals surface area contributed by atoms with Crippen LogP contribution in [0.4, 0.5) is 5.69 Å². The van der Waals surface area contributed by atoms with Gasteiger partial charge in [-0.05, 0) is 36.6 Å². The summed E-state index contributed by atoms with van der Waals surface area (Å²) in [5.41, 5.74) is 6.37. The van der Waals surface area contributed by atoms with E-state index in [1.807, 2.05) is 24.3 Å². The van der Waals surface area contributed by atoms with E-state index in [0.717, 1.165) is 37.0 Å². The highest BCUT2D eigenvalue weighted by molar-refractivity contribution is 5.41. The molecular formula is C15H23NO2. The van der Waals surface area contributed by atoms with Crippen molar-refractivity contribution in [3.8, 4) is 5.75 Å². The molecule has 0 saturated heterocycles. The van der Waals surface area contributed by atoms with Crippen LogP contribution in [0.3, 0.4) is 0 Å². The number of rotatable bonds is 8. The minimum absolute atomic E-state index is 0.702. The van der Waals surface area contributed by atoms with Crippen LogP contribution in [0.5, 0.6) is 5.75 Å². The first kappa shape index (κ1) is 13.2. The van der Waals surface area contributed by atoms with Crippen LogP contribution in [0.15, 0.2) is 24.3 Å². The highest BCUT2D eigenvalue weighted by atomic mass is 16.5. The molecule has 0 aromatic heterocycles. The zero-order chi connectivity index (χ0) is 12.6. The summed E-state index contributed by atoms with van der Waals surface area (Å²) in [6, 6.07) is 7.49. The Morgan fingerprint density at radius 3 is 2.50 bits per heavy atom. The van der Waals surface area contributed by atoms with Crippen molar-refractivity contribution in [3.05, 3.63) is 24.3 Å². The van der Waals surface area contributed by atoms with Gasteiger partial charge in [0.05, 0.1) is 6.61 Å². The molecule has 0 amide bonds. The van der Waals surface area contributed by atoms with Crippen LogP contribution in [-0.2, 0) is 4.74 Å². The van der Waals surface area contributed by atoms with E-state index in [2.05, 4.69) is 0 Å². The molecule has 1 aliphatic rings. The highest BCUT2D eigenvalue weighted by Crippen LogP contribution is 2.29. The molecule has 0 bridgehead atoms. The van der Waals surface area contributed by atoms with Crippen molar-refractivity contribution in [1.82, 2.24) is 0 Å². The lowest BCUT2D eigenvalue weighted by atomic mass is 9.83. The van der Waals surface area contributed by atoms with Gasteiger partial charge in [0.15, 0.2) is 0 Å². The minimum Gasteiger partial charge on any atom is -0.494 e. The Morgan fingerprint density at radius 2 is 1.83 bits per heavy atom. The maximum atomic E-state index is 5.60. The smallest absolute Gasteiger partial charge is 0.119 e. The molecule has 3 heteroatoms. The van der Waals surface area contributed by atoms with Crippen molar-refractivity contribution in [2.75, 3.05) is 25.6 Å². The van der Waals surface area contributed by atoms with Gasteiger partial charge in [0.1, 0.15) is 5.75 Å². The normalized spacial score (nSPS) is 15.3. The van der Waals surface area contributed by atoms with Crippen molar-refractivity contribution >= 4 is 5.69 Å². The van der Waals surface area contributed by atoms with Gasteiger partial charge in [-0.25, -0.2) is 0 Å². The van der Waals surface area contributed by atoms with Crippen LogP contribution >= 0.6 is 0 Å². The van der Waals surface area contributed by atoms with Gasteiger partial charge in [-0.1, -0.05) is 19.3 Å². The van der Waals surface area contributed by atoms with E-state index in [4.69, 9.17) is 15.2 Å². The largest absolute Gasteiger partial charge is 0.494 e. The number of ether oxygens (including phenoxy) is 2. The van der Waals surface area contributed by atoms with E-state index >= 15 is 0 Å². The second kappa shape index (κ2) is 7.27. The number of hydrogen-bond acceptors (Lipinski definition) is 3. The Balaban J connectivity index is 1.44. The topological polar surface area (TPSA) is 44.5 Å². The number of anilines is 1. The third-order valence-electron chi connectivity index (χ3n) is 3.48. The van der Waals surface area contributed by atoms with E-state index in [9.17, 15) is 0 Å². The summed E-state index contributed by atoms with van der Waals surface area (Å²) in [6.07, 6.45) is 6.40. The van der Waals surface area contributed by atoms with E-state index in [1.54, 1.807) is 0 Å². The Bertz CT molecular complexity index is 333. The lowest BCUT2D eigenvalue weighted by molar-refractivity contribution is 0.0961.